The lowest BCUT2D eigenvalue weighted by molar-refractivity contribution is 0.0822. The molecule has 0 saturated carbocycles. The van der Waals surface area contributed by atoms with Gasteiger partial charge in [-0.25, -0.2) is 0 Å². The van der Waals surface area contributed by atoms with Crippen molar-refractivity contribution in [3.05, 3.63) is 64.7 Å². The van der Waals surface area contributed by atoms with Gasteiger partial charge >= 0.3 is 0 Å². The number of nitrogens with two attached hydrogens (primary N) is 1. The van der Waals surface area contributed by atoms with E-state index in [1.54, 1.807) is 38.4 Å². The average molecular weight is 325 g/mol. The van der Waals surface area contributed by atoms with Crippen molar-refractivity contribution in [2.45, 2.75) is 6.54 Å². The van der Waals surface area contributed by atoms with Gasteiger partial charge in [0.25, 0.3) is 5.91 Å². The molecule has 0 atom stereocenters. The Morgan fingerprint density at radius 1 is 0.917 bits per heavy atom. The van der Waals surface area contributed by atoms with E-state index in [-0.39, 0.29) is 11.7 Å². The maximum Gasteiger partial charge on any atom is 0.254 e. The molecule has 0 spiro atoms. The summed E-state index contributed by atoms with van der Waals surface area (Å²) in [6, 6.07) is 12.3. The van der Waals surface area contributed by atoms with Crippen LogP contribution in [0, 0.1) is 0 Å². The summed E-state index contributed by atoms with van der Waals surface area (Å²) in [5.74, 6) is -0.409. The van der Waals surface area contributed by atoms with Crippen LogP contribution in [0.1, 0.15) is 31.8 Å². The number of carbonyl (C=O) groups is 2. The zero-order valence-corrected chi connectivity index (χ0v) is 14.5. The van der Waals surface area contributed by atoms with Crippen molar-refractivity contribution in [2.24, 2.45) is 0 Å². The van der Waals surface area contributed by atoms with E-state index < -0.39 is 0 Å². The van der Waals surface area contributed by atoms with Gasteiger partial charge in [-0.1, -0.05) is 24.3 Å². The highest BCUT2D eigenvalue weighted by Gasteiger charge is 2.21. The number of anilines is 1. The number of nitrogen functional groups attached to an aromatic ring is 1. The van der Waals surface area contributed by atoms with Gasteiger partial charge in [0.05, 0.1) is 5.56 Å². The molecular formula is C19H23N3O2. The first-order valence-corrected chi connectivity index (χ1v) is 7.69. The highest BCUT2D eigenvalue weighted by molar-refractivity contribution is 6.16. The molecule has 5 heteroatoms. The highest BCUT2D eigenvalue weighted by Crippen LogP contribution is 2.21. The Morgan fingerprint density at radius 3 is 2.21 bits per heavy atom. The normalized spacial score (nSPS) is 10.7. The lowest BCUT2D eigenvalue weighted by Crippen LogP contribution is -2.25. The van der Waals surface area contributed by atoms with Crippen LogP contribution in [0.4, 0.5) is 5.69 Å². The molecule has 0 aliphatic rings. The van der Waals surface area contributed by atoms with Crippen LogP contribution in [0.2, 0.25) is 0 Å². The zero-order chi connectivity index (χ0) is 17.9. The van der Waals surface area contributed by atoms with Crippen LogP contribution >= 0.6 is 0 Å². The standard InChI is InChI=1S/C19H23N3O2/c1-21(2)12-13-7-5-6-8-15(13)18(23)16-10-9-14(20)11-17(16)19(24)22(3)4/h5-11H,12,20H2,1-4H3. The zero-order valence-electron chi connectivity index (χ0n) is 14.5. The Kier molecular flexibility index (Phi) is 5.36. The van der Waals surface area contributed by atoms with Crippen molar-refractivity contribution in [1.29, 1.82) is 0 Å². The molecule has 0 bridgehead atoms. The van der Waals surface area contributed by atoms with Gasteiger partial charge in [0.2, 0.25) is 0 Å². The van der Waals surface area contributed by atoms with Crippen LogP contribution in [0.25, 0.3) is 0 Å². The van der Waals surface area contributed by atoms with Crippen molar-refractivity contribution in [3.63, 3.8) is 0 Å². The fraction of sp³-hybridized carbons (Fsp3) is 0.263. The van der Waals surface area contributed by atoms with E-state index in [9.17, 15) is 9.59 Å². The molecule has 5 nitrogen and oxygen atoms in total. The van der Waals surface area contributed by atoms with Crippen molar-refractivity contribution in [3.8, 4) is 0 Å². The topological polar surface area (TPSA) is 66.6 Å². The van der Waals surface area contributed by atoms with E-state index in [4.69, 9.17) is 5.73 Å². The van der Waals surface area contributed by atoms with Crippen LogP contribution in [0.15, 0.2) is 42.5 Å². The monoisotopic (exact) mass is 325 g/mol. The number of nitrogens with zero attached hydrogens (tertiary/aromatic N) is 2. The summed E-state index contributed by atoms with van der Waals surface area (Å²) >= 11 is 0. The molecule has 2 N–H and O–H groups in total. The van der Waals surface area contributed by atoms with Gasteiger partial charge < -0.3 is 15.5 Å². The number of carbonyl (C=O) groups excluding carboxylic acids is 2. The molecule has 2 rings (SSSR count). The number of hydrogen-bond donors (Lipinski definition) is 1. The molecule has 1 amide bonds. The summed E-state index contributed by atoms with van der Waals surface area (Å²) in [6.07, 6.45) is 0. The minimum Gasteiger partial charge on any atom is -0.399 e. The smallest absolute Gasteiger partial charge is 0.254 e. The first kappa shape index (κ1) is 17.7. The van der Waals surface area contributed by atoms with E-state index in [0.717, 1.165) is 5.56 Å². The van der Waals surface area contributed by atoms with Gasteiger partial charge in [0.15, 0.2) is 5.78 Å². The molecule has 0 aliphatic heterocycles. The first-order valence-electron chi connectivity index (χ1n) is 7.69. The Labute approximate surface area is 142 Å². The second kappa shape index (κ2) is 7.27. The van der Waals surface area contributed by atoms with Crippen molar-refractivity contribution in [2.75, 3.05) is 33.9 Å². The molecule has 24 heavy (non-hydrogen) atoms. The fourth-order valence-corrected chi connectivity index (χ4v) is 2.54. The molecule has 0 aromatic heterocycles. The number of amides is 1. The second-order valence-electron chi connectivity index (χ2n) is 6.23. The SMILES string of the molecule is CN(C)Cc1ccccc1C(=O)c1ccc(N)cc1C(=O)N(C)C. The van der Waals surface area contributed by atoms with Gasteiger partial charge in [0.1, 0.15) is 0 Å². The number of hydrogen-bond acceptors (Lipinski definition) is 4. The summed E-state index contributed by atoms with van der Waals surface area (Å²) in [5, 5.41) is 0. The molecule has 0 saturated heterocycles. The summed E-state index contributed by atoms with van der Waals surface area (Å²) in [6.45, 7) is 0.647. The number of rotatable bonds is 5. The first-order chi connectivity index (χ1) is 11.3. The fourth-order valence-electron chi connectivity index (χ4n) is 2.54. The quantitative estimate of drug-likeness (QED) is 0.676. The van der Waals surface area contributed by atoms with Crippen LogP contribution < -0.4 is 5.73 Å². The summed E-state index contributed by atoms with van der Waals surface area (Å²) in [7, 11) is 7.20. The molecule has 0 fully saturated rings. The van der Waals surface area contributed by atoms with Gasteiger partial charge in [-0.2, -0.15) is 0 Å². The van der Waals surface area contributed by atoms with E-state index in [1.165, 1.54) is 4.90 Å². The predicted molar refractivity (Wildman–Crippen MR) is 96.1 cm³/mol. The Morgan fingerprint density at radius 2 is 1.58 bits per heavy atom. The molecule has 2 aromatic rings. The lowest BCUT2D eigenvalue weighted by Gasteiger charge is -2.17. The van der Waals surface area contributed by atoms with Crippen molar-refractivity contribution in [1.82, 2.24) is 9.80 Å². The van der Waals surface area contributed by atoms with E-state index in [1.807, 2.05) is 37.2 Å². The minimum absolute atomic E-state index is 0.169. The Bertz CT molecular complexity index is 767. The Balaban J connectivity index is 2.54. The van der Waals surface area contributed by atoms with Crippen molar-refractivity contribution < 1.29 is 9.59 Å². The largest absolute Gasteiger partial charge is 0.399 e. The van der Waals surface area contributed by atoms with Crippen LogP contribution in [-0.2, 0) is 6.54 Å². The maximum absolute atomic E-state index is 13.1. The second-order valence-corrected chi connectivity index (χ2v) is 6.23. The molecule has 0 heterocycles. The van der Waals surface area contributed by atoms with E-state index in [0.29, 0.717) is 28.9 Å². The average Bonchev–Trinajstić information content (AvgIpc) is 2.53. The molecule has 0 radical (unpaired) electrons. The molecule has 0 unspecified atom stereocenters. The Hall–Kier alpha value is -2.66. The molecule has 0 aliphatic carbocycles. The lowest BCUT2D eigenvalue weighted by atomic mass is 9.94. The van der Waals surface area contributed by atoms with Crippen LogP contribution in [0.3, 0.4) is 0 Å². The van der Waals surface area contributed by atoms with Crippen molar-refractivity contribution >= 4 is 17.4 Å². The third kappa shape index (κ3) is 3.81. The number of benzene rings is 2. The molecule has 126 valence electrons. The third-order valence-electron chi connectivity index (χ3n) is 3.67. The van der Waals surface area contributed by atoms with E-state index >= 15 is 0 Å². The van der Waals surface area contributed by atoms with Gasteiger partial charge in [0, 0.05) is 37.5 Å². The van der Waals surface area contributed by atoms with Gasteiger partial charge in [-0.3, -0.25) is 9.59 Å². The molecular weight excluding hydrogens is 302 g/mol. The third-order valence-corrected chi connectivity index (χ3v) is 3.67. The minimum atomic E-state index is -0.240. The van der Waals surface area contributed by atoms with E-state index in [2.05, 4.69) is 0 Å². The van der Waals surface area contributed by atoms with Crippen LogP contribution in [0.5, 0.6) is 0 Å². The molecule has 2 aromatic carbocycles. The van der Waals surface area contributed by atoms with Gasteiger partial charge in [-0.15, -0.1) is 0 Å². The highest BCUT2D eigenvalue weighted by atomic mass is 16.2. The number of ketones is 1. The predicted octanol–water partition coefficient (Wildman–Crippen LogP) is 2.26. The maximum atomic E-state index is 13.1. The summed E-state index contributed by atoms with van der Waals surface area (Å²) in [5.41, 5.74) is 8.49. The van der Waals surface area contributed by atoms with Crippen LogP contribution in [-0.4, -0.2) is 49.7 Å². The summed E-state index contributed by atoms with van der Waals surface area (Å²) < 4.78 is 0. The van der Waals surface area contributed by atoms with Gasteiger partial charge in [-0.05, 0) is 37.9 Å². The summed E-state index contributed by atoms with van der Waals surface area (Å²) in [4.78, 5) is 28.9.